The molecule has 172 valence electrons. The van der Waals surface area contributed by atoms with Gasteiger partial charge in [-0.05, 0) is 55.9 Å². The van der Waals surface area contributed by atoms with Crippen LogP contribution in [-0.4, -0.2) is 82.9 Å². The van der Waals surface area contributed by atoms with Crippen molar-refractivity contribution in [2.24, 2.45) is 17.8 Å². The van der Waals surface area contributed by atoms with E-state index in [1.54, 1.807) is 0 Å². The van der Waals surface area contributed by atoms with Crippen molar-refractivity contribution in [3.05, 3.63) is 35.9 Å². The summed E-state index contributed by atoms with van der Waals surface area (Å²) in [4.78, 5) is 45.5. The number of nitrogens with zero attached hydrogens (tertiary/aromatic N) is 4. The molecule has 4 amide bonds. The number of hydrogen-bond donors (Lipinski definition) is 0. The van der Waals surface area contributed by atoms with Crippen LogP contribution in [0.1, 0.15) is 38.2 Å². The van der Waals surface area contributed by atoms with E-state index in [0.29, 0.717) is 11.8 Å². The lowest BCUT2D eigenvalue weighted by molar-refractivity contribution is -0.145. The molecule has 4 aliphatic rings. The highest BCUT2D eigenvalue weighted by molar-refractivity contribution is 6.44. The van der Waals surface area contributed by atoms with E-state index in [9.17, 15) is 14.4 Å². The third-order valence-electron chi connectivity index (χ3n) is 8.27. The molecular formula is C25H34N4O3. The van der Waals surface area contributed by atoms with Gasteiger partial charge in [0.15, 0.2) is 0 Å². The first-order chi connectivity index (χ1) is 15.5. The van der Waals surface area contributed by atoms with Crippen LogP contribution in [0.15, 0.2) is 30.3 Å². The van der Waals surface area contributed by atoms with E-state index in [2.05, 4.69) is 34.1 Å². The molecule has 1 aromatic rings. The van der Waals surface area contributed by atoms with Gasteiger partial charge in [-0.3, -0.25) is 19.4 Å². The number of carbonyl (C=O) groups is 3. The predicted octanol–water partition coefficient (Wildman–Crippen LogP) is 2.42. The third kappa shape index (κ3) is 4.08. The standard InChI is InChI=1S/C25H34N4O3/c1-18(22-16-20-7-8-21(22)15-20)29-24(31)23(30)28(25(29)32)17-27-13-11-26(12-14-27)10-9-19-5-3-2-4-6-19/h2-6,18,20-22H,7-17H2,1H3/t18-,20+,21+,22-/m1/s1. The van der Waals surface area contributed by atoms with Crippen LogP contribution in [0.25, 0.3) is 0 Å². The number of benzene rings is 1. The summed E-state index contributed by atoms with van der Waals surface area (Å²) in [5.74, 6) is 0.403. The Morgan fingerprint density at radius 2 is 1.62 bits per heavy atom. The first-order valence-electron chi connectivity index (χ1n) is 12.2. The smallest absolute Gasteiger partial charge is 0.300 e. The average Bonchev–Trinajstić information content (AvgIpc) is 3.50. The number of hydrogen-bond acceptors (Lipinski definition) is 5. The van der Waals surface area contributed by atoms with Crippen LogP contribution in [-0.2, 0) is 16.0 Å². The monoisotopic (exact) mass is 438 g/mol. The Bertz CT molecular complexity index is 867. The summed E-state index contributed by atoms with van der Waals surface area (Å²) in [6.07, 6.45) is 5.80. The van der Waals surface area contributed by atoms with E-state index in [0.717, 1.165) is 51.5 Å². The number of urea groups is 1. The van der Waals surface area contributed by atoms with Crippen molar-refractivity contribution in [3.63, 3.8) is 0 Å². The van der Waals surface area contributed by atoms with Gasteiger partial charge < -0.3 is 4.90 Å². The van der Waals surface area contributed by atoms with Crippen molar-refractivity contribution >= 4 is 17.8 Å². The van der Waals surface area contributed by atoms with Crippen LogP contribution < -0.4 is 0 Å². The second kappa shape index (κ2) is 8.94. The zero-order valence-electron chi connectivity index (χ0n) is 19.0. The summed E-state index contributed by atoms with van der Waals surface area (Å²) in [7, 11) is 0. The van der Waals surface area contributed by atoms with Gasteiger partial charge in [0.05, 0.1) is 6.67 Å². The number of piperazine rings is 1. The maximum absolute atomic E-state index is 13.1. The Morgan fingerprint density at radius 1 is 0.906 bits per heavy atom. The van der Waals surface area contributed by atoms with Crippen molar-refractivity contribution in [3.8, 4) is 0 Å². The average molecular weight is 439 g/mol. The van der Waals surface area contributed by atoms with Crippen LogP contribution >= 0.6 is 0 Å². The van der Waals surface area contributed by atoms with E-state index in [-0.39, 0.29) is 12.7 Å². The lowest BCUT2D eigenvalue weighted by Crippen LogP contribution is -2.52. The predicted molar refractivity (Wildman–Crippen MR) is 121 cm³/mol. The summed E-state index contributed by atoms with van der Waals surface area (Å²) >= 11 is 0. The Kier molecular flexibility index (Phi) is 6.03. The normalized spacial score (nSPS) is 30.0. The minimum atomic E-state index is -0.656. The number of fused-ring (bicyclic) bond motifs is 2. The quantitative estimate of drug-likeness (QED) is 0.483. The fourth-order valence-electron chi connectivity index (χ4n) is 6.37. The van der Waals surface area contributed by atoms with Gasteiger partial charge in [-0.1, -0.05) is 36.8 Å². The molecule has 4 fully saturated rings. The second-order valence-electron chi connectivity index (χ2n) is 10.1. The molecule has 2 aliphatic carbocycles. The summed E-state index contributed by atoms with van der Waals surface area (Å²) in [6, 6.07) is 9.88. The minimum absolute atomic E-state index is 0.186. The van der Waals surface area contributed by atoms with E-state index in [1.807, 2.05) is 13.0 Å². The maximum atomic E-state index is 13.1. The molecule has 32 heavy (non-hydrogen) atoms. The maximum Gasteiger partial charge on any atom is 0.335 e. The van der Waals surface area contributed by atoms with Crippen molar-refractivity contribution in [1.29, 1.82) is 0 Å². The highest BCUT2D eigenvalue weighted by Gasteiger charge is 2.52. The lowest BCUT2D eigenvalue weighted by Gasteiger charge is -2.36. The zero-order chi connectivity index (χ0) is 22.2. The Balaban J connectivity index is 1.13. The summed E-state index contributed by atoms with van der Waals surface area (Å²) in [5.41, 5.74) is 1.34. The van der Waals surface area contributed by atoms with Gasteiger partial charge in [0.2, 0.25) is 0 Å². The molecule has 7 heteroatoms. The highest BCUT2D eigenvalue weighted by Crippen LogP contribution is 2.50. The molecule has 1 aromatic carbocycles. The van der Waals surface area contributed by atoms with Gasteiger partial charge in [0.1, 0.15) is 0 Å². The largest absolute Gasteiger partial charge is 0.335 e. The molecule has 0 spiro atoms. The number of rotatable bonds is 7. The van der Waals surface area contributed by atoms with Crippen LogP contribution in [0.4, 0.5) is 4.79 Å². The highest BCUT2D eigenvalue weighted by atomic mass is 16.2. The molecule has 2 aliphatic heterocycles. The lowest BCUT2D eigenvalue weighted by atomic mass is 9.83. The SMILES string of the molecule is C[C@H]([C@H]1C[C@H]2CC[C@H]1C2)N1C(=O)C(=O)N(CN2CCN(CCc3ccccc3)CC2)C1=O. The fourth-order valence-corrected chi connectivity index (χ4v) is 6.37. The molecule has 0 aromatic heterocycles. The Labute approximate surface area is 190 Å². The van der Waals surface area contributed by atoms with E-state index < -0.39 is 17.8 Å². The summed E-state index contributed by atoms with van der Waals surface area (Å²) < 4.78 is 0. The number of carbonyl (C=O) groups excluding carboxylic acids is 3. The van der Waals surface area contributed by atoms with Crippen LogP contribution in [0.5, 0.6) is 0 Å². The molecule has 0 radical (unpaired) electrons. The van der Waals surface area contributed by atoms with Gasteiger partial charge in [-0.15, -0.1) is 0 Å². The van der Waals surface area contributed by atoms with Gasteiger partial charge in [0.25, 0.3) is 0 Å². The fraction of sp³-hybridized carbons (Fsp3) is 0.640. The minimum Gasteiger partial charge on any atom is -0.300 e. The molecule has 5 rings (SSSR count). The number of amides is 4. The first kappa shape index (κ1) is 21.6. The van der Waals surface area contributed by atoms with E-state index >= 15 is 0 Å². The number of imide groups is 2. The Morgan fingerprint density at radius 3 is 2.28 bits per heavy atom. The van der Waals surface area contributed by atoms with Crippen LogP contribution in [0.2, 0.25) is 0 Å². The zero-order valence-corrected chi connectivity index (χ0v) is 19.0. The molecule has 2 heterocycles. The third-order valence-corrected chi connectivity index (χ3v) is 8.27. The molecule has 2 saturated carbocycles. The van der Waals surface area contributed by atoms with Crippen LogP contribution in [0, 0.1) is 17.8 Å². The molecule has 2 saturated heterocycles. The van der Waals surface area contributed by atoms with E-state index in [4.69, 9.17) is 0 Å². The topological polar surface area (TPSA) is 64.2 Å². The van der Waals surface area contributed by atoms with Crippen molar-refractivity contribution in [1.82, 2.24) is 19.6 Å². The molecule has 7 nitrogen and oxygen atoms in total. The molecular weight excluding hydrogens is 404 g/mol. The van der Waals surface area contributed by atoms with Gasteiger partial charge in [-0.25, -0.2) is 9.69 Å². The Hall–Kier alpha value is -2.25. The van der Waals surface area contributed by atoms with Gasteiger partial charge in [0, 0.05) is 38.8 Å². The molecule has 0 unspecified atom stereocenters. The van der Waals surface area contributed by atoms with E-state index in [1.165, 1.54) is 34.6 Å². The molecule has 0 N–H and O–H groups in total. The second-order valence-corrected chi connectivity index (χ2v) is 10.1. The van der Waals surface area contributed by atoms with Crippen molar-refractivity contribution < 1.29 is 14.4 Å². The van der Waals surface area contributed by atoms with Crippen LogP contribution in [0.3, 0.4) is 0 Å². The first-order valence-corrected chi connectivity index (χ1v) is 12.2. The van der Waals surface area contributed by atoms with Crippen molar-refractivity contribution in [2.45, 2.75) is 45.1 Å². The molecule has 4 atom stereocenters. The summed E-state index contributed by atoms with van der Waals surface area (Å²) in [5, 5.41) is 0. The van der Waals surface area contributed by atoms with Gasteiger partial charge >= 0.3 is 17.8 Å². The van der Waals surface area contributed by atoms with Crippen molar-refractivity contribution in [2.75, 3.05) is 39.4 Å². The van der Waals surface area contributed by atoms with Gasteiger partial charge in [-0.2, -0.15) is 0 Å². The molecule has 2 bridgehead atoms. The summed E-state index contributed by atoms with van der Waals surface area (Å²) in [6.45, 7) is 6.58.